The van der Waals surface area contributed by atoms with Crippen molar-refractivity contribution >= 4 is 0 Å². The van der Waals surface area contributed by atoms with Gasteiger partial charge in [-0.05, 0) is 19.3 Å². The first-order valence-corrected chi connectivity index (χ1v) is 4.60. The van der Waals surface area contributed by atoms with Crippen LogP contribution in [0, 0.1) is 5.92 Å². The largest absolute Gasteiger partial charge is 0.390 e. The molecule has 0 radical (unpaired) electrons. The van der Waals surface area contributed by atoms with Crippen molar-refractivity contribution in [3.05, 3.63) is 12.2 Å². The summed E-state index contributed by atoms with van der Waals surface area (Å²) in [6, 6.07) is 0. The Balaban J connectivity index is 3.61. The van der Waals surface area contributed by atoms with Crippen LogP contribution in [0.25, 0.3) is 0 Å². The summed E-state index contributed by atoms with van der Waals surface area (Å²) in [6.07, 6.45) is 4.34. The van der Waals surface area contributed by atoms with Crippen LogP contribution < -0.4 is 0 Å². The Hall–Kier alpha value is -0.340. The maximum atomic E-state index is 9.18. The molecule has 0 bridgehead atoms. The SMILES string of the molecule is CCC(C)CC=CC(O)C(C)O. The molecular weight excluding hydrogens is 152 g/mol. The molecule has 12 heavy (non-hydrogen) atoms. The lowest BCUT2D eigenvalue weighted by Gasteiger charge is -2.08. The van der Waals surface area contributed by atoms with E-state index >= 15 is 0 Å². The quantitative estimate of drug-likeness (QED) is 0.620. The third kappa shape index (κ3) is 5.33. The Labute approximate surface area is 74.9 Å². The van der Waals surface area contributed by atoms with E-state index in [1.54, 1.807) is 13.0 Å². The summed E-state index contributed by atoms with van der Waals surface area (Å²) in [6.45, 7) is 5.89. The molecule has 0 aliphatic carbocycles. The van der Waals surface area contributed by atoms with Gasteiger partial charge in [-0.1, -0.05) is 32.4 Å². The van der Waals surface area contributed by atoms with Crippen LogP contribution in [-0.4, -0.2) is 22.4 Å². The fourth-order valence-corrected chi connectivity index (χ4v) is 0.778. The molecule has 2 heteroatoms. The molecule has 0 fully saturated rings. The highest BCUT2D eigenvalue weighted by Gasteiger charge is 2.05. The van der Waals surface area contributed by atoms with E-state index in [9.17, 15) is 5.11 Å². The van der Waals surface area contributed by atoms with Crippen LogP contribution in [0.2, 0.25) is 0 Å². The minimum atomic E-state index is -0.714. The Bertz CT molecular complexity index is 130. The fraction of sp³-hybridized carbons (Fsp3) is 0.800. The predicted molar refractivity (Wildman–Crippen MR) is 50.9 cm³/mol. The molecule has 3 atom stereocenters. The van der Waals surface area contributed by atoms with E-state index in [4.69, 9.17) is 5.11 Å². The molecule has 0 aliphatic heterocycles. The zero-order chi connectivity index (χ0) is 9.56. The van der Waals surface area contributed by atoms with Gasteiger partial charge in [-0.2, -0.15) is 0 Å². The van der Waals surface area contributed by atoms with Crippen molar-refractivity contribution in [1.82, 2.24) is 0 Å². The van der Waals surface area contributed by atoms with Crippen LogP contribution >= 0.6 is 0 Å². The van der Waals surface area contributed by atoms with Crippen LogP contribution in [-0.2, 0) is 0 Å². The van der Waals surface area contributed by atoms with Gasteiger partial charge in [0.2, 0.25) is 0 Å². The Kier molecular flexibility index (Phi) is 6.03. The van der Waals surface area contributed by atoms with Gasteiger partial charge in [0.15, 0.2) is 0 Å². The second-order valence-electron chi connectivity index (χ2n) is 3.41. The van der Waals surface area contributed by atoms with Gasteiger partial charge in [0, 0.05) is 0 Å². The number of aliphatic hydroxyl groups excluding tert-OH is 2. The first-order valence-electron chi connectivity index (χ1n) is 4.60. The molecule has 0 saturated heterocycles. The molecule has 0 aliphatic rings. The zero-order valence-corrected chi connectivity index (χ0v) is 8.20. The van der Waals surface area contributed by atoms with E-state index in [2.05, 4.69) is 13.8 Å². The smallest absolute Gasteiger partial charge is 0.0977 e. The first kappa shape index (κ1) is 11.7. The minimum absolute atomic E-state index is 0.655. The number of aliphatic hydroxyl groups is 2. The third-order valence-corrected chi connectivity index (χ3v) is 2.06. The van der Waals surface area contributed by atoms with Gasteiger partial charge in [0.1, 0.15) is 0 Å². The van der Waals surface area contributed by atoms with Crippen LogP contribution in [0.1, 0.15) is 33.6 Å². The van der Waals surface area contributed by atoms with Crippen LogP contribution in [0.5, 0.6) is 0 Å². The lowest BCUT2D eigenvalue weighted by atomic mass is 10.0. The highest BCUT2D eigenvalue weighted by atomic mass is 16.3. The molecule has 0 aromatic heterocycles. The molecular formula is C10H20O2. The molecule has 2 nitrogen and oxygen atoms in total. The first-order chi connectivity index (χ1) is 5.57. The van der Waals surface area contributed by atoms with Crippen LogP contribution in [0.3, 0.4) is 0 Å². The molecule has 0 aromatic rings. The summed E-state index contributed by atoms with van der Waals surface area (Å²) < 4.78 is 0. The van der Waals surface area contributed by atoms with Gasteiger partial charge >= 0.3 is 0 Å². The van der Waals surface area contributed by atoms with E-state index in [-0.39, 0.29) is 0 Å². The zero-order valence-electron chi connectivity index (χ0n) is 8.20. The van der Waals surface area contributed by atoms with Gasteiger partial charge in [0.05, 0.1) is 12.2 Å². The number of hydrogen-bond acceptors (Lipinski definition) is 2. The van der Waals surface area contributed by atoms with Crippen molar-refractivity contribution in [2.45, 2.75) is 45.8 Å². The van der Waals surface area contributed by atoms with E-state index in [0.29, 0.717) is 5.92 Å². The Morgan fingerprint density at radius 3 is 2.25 bits per heavy atom. The van der Waals surface area contributed by atoms with E-state index in [1.165, 1.54) is 0 Å². The average Bonchev–Trinajstić information content (AvgIpc) is 2.03. The molecule has 0 spiro atoms. The highest BCUT2D eigenvalue weighted by Crippen LogP contribution is 2.07. The number of hydrogen-bond donors (Lipinski definition) is 2. The molecule has 0 aromatic carbocycles. The van der Waals surface area contributed by atoms with Gasteiger partial charge in [-0.25, -0.2) is 0 Å². The maximum absolute atomic E-state index is 9.18. The molecule has 0 saturated carbocycles. The van der Waals surface area contributed by atoms with Crippen molar-refractivity contribution in [2.24, 2.45) is 5.92 Å². The van der Waals surface area contributed by atoms with Crippen molar-refractivity contribution < 1.29 is 10.2 Å². The lowest BCUT2D eigenvalue weighted by molar-refractivity contribution is 0.0617. The summed E-state index contributed by atoms with van der Waals surface area (Å²) in [5.41, 5.74) is 0. The summed E-state index contributed by atoms with van der Waals surface area (Å²) >= 11 is 0. The number of allylic oxidation sites excluding steroid dienone is 1. The number of rotatable bonds is 5. The summed E-state index contributed by atoms with van der Waals surface area (Å²) in [7, 11) is 0. The van der Waals surface area contributed by atoms with Crippen molar-refractivity contribution in [1.29, 1.82) is 0 Å². The van der Waals surface area contributed by atoms with E-state index in [0.717, 1.165) is 12.8 Å². The van der Waals surface area contributed by atoms with E-state index in [1.807, 2.05) is 6.08 Å². The second-order valence-corrected chi connectivity index (χ2v) is 3.41. The molecule has 0 heterocycles. The Morgan fingerprint density at radius 2 is 1.83 bits per heavy atom. The molecule has 72 valence electrons. The highest BCUT2D eigenvalue weighted by molar-refractivity contribution is 4.91. The summed E-state index contributed by atoms with van der Waals surface area (Å²) in [4.78, 5) is 0. The van der Waals surface area contributed by atoms with Crippen LogP contribution in [0.4, 0.5) is 0 Å². The van der Waals surface area contributed by atoms with Crippen LogP contribution in [0.15, 0.2) is 12.2 Å². The lowest BCUT2D eigenvalue weighted by Crippen LogP contribution is -2.19. The predicted octanol–water partition coefficient (Wildman–Crippen LogP) is 1.72. The van der Waals surface area contributed by atoms with Crippen molar-refractivity contribution in [2.75, 3.05) is 0 Å². The summed E-state index contributed by atoms with van der Waals surface area (Å²) in [5, 5.41) is 18.1. The topological polar surface area (TPSA) is 40.5 Å². The van der Waals surface area contributed by atoms with Crippen molar-refractivity contribution in [3.63, 3.8) is 0 Å². The third-order valence-electron chi connectivity index (χ3n) is 2.06. The molecule has 2 N–H and O–H groups in total. The van der Waals surface area contributed by atoms with Gasteiger partial charge in [-0.3, -0.25) is 0 Å². The minimum Gasteiger partial charge on any atom is -0.390 e. The van der Waals surface area contributed by atoms with Gasteiger partial charge in [-0.15, -0.1) is 0 Å². The fourth-order valence-electron chi connectivity index (χ4n) is 0.778. The second kappa shape index (κ2) is 6.21. The standard InChI is InChI=1S/C10H20O2/c1-4-8(2)6-5-7-10(12)9(3)11/h5,7-12H,4,6H2,1-3H3. The van der Waals surface area contributed by atoms with Gasteiger partial charge < -0.3 is 10.2 Å². The average molecular weight is 172 g/mol. The molecule has 0 amide bonds. The maximum Gasteiger partial charge on any atom is 0.0977 e. The molecule has 0 rings (SSSR count). The van der Waals surface area contributed by atoms with Gasteiger partial charge in [0.25, 0.3) is 0 Å². The van der Waals surface area contributed by atoms with E-state index < -0.39 is 12.2 Å². The molecule has 3 unspecified atom stereocenters. The van der Waals surface area contributed by atoms with Crippen molar-refractivity contribution in [3.8, 4) is 0 Å². The normalized spacial score (nSPS) is 19.4. The summed E-state index contributed by atoms with van der Waals surface area (Å²) in [5.74, 6) is 0.655. The monoisotopic (exact) mass is 172 g/mol. The Morgan fingerprint density at radius 1 is 1.25 bits per heavy atom.